The van der Waals surface area contributed by atoms with Crippen LogP contribution < -0.4 is 15.8 Å². The summed E-state index contributed by atoms with van der Waals surface area (Å²) in [7, 11) is 1.59. The van der Waals surface area contributed by atoms with Gasteiger partial charge in [-0.25, -0.2) is 4.39 Å². The SMILES string of the molecule is CCC(N)Cc1ccc(OCCCC(=O)NC)c(F)c1. The topological polar surface area (TPSA) is 64.3 Å². The van der Waals surface area contributed by atoms with Crippen molar-refractivity contribution in [2.24, 2.45) is 5.73 Å². The fraction of sp³-hybridized carbons (Fsp3) is 0.533. The molecule has 4 nitrogen and oxygen atoms in total. The molecule has 5 heteroatoms. The summed E-state index contributed by atoms with van der Waals surface area (Å²) in [6.45, 7) is 2.32. The fourth-order valence-electron chi connectivity index (χ4n) is 1.78. The van der Waals surface area contributed by atoms with Crippen LogP contribution in [0.15, 0.2) is 18.2 Å². The van der Waals surface area contributed by atoms with Gasteiger partial charge in [0.2, 0.25) is 5.91 Å². The Kier molecular flexibility index (Phi) is 7.01. The Morgan fingerprint density at radius 1 is 1.50 bits per heavy atom. The normalized spacial score (nSPS) is 12.0. The van der Waals surface area contributed by atoms with Gasteiger partial charge in [0.05, 0.1) is 6.61 Å². The summed E-state index contributed by atoms with van der Waals surface area (Å²) in [6, 6.07) is 4.96. The van der Waals surface area contributed by atoms with E-state index in [9.17, 15) is 9.18 Å². The third-order valence-electron chi connectivity index (χ3n) is 3.10. The number of rotatable bonds is 8. The highest BCUT2D eigenvalue weighted by Crippen LogP contribution is 2.19. The van der Waals surface area contributed by atoms with Crippen LogP contribution in [-0.4, -0.2) is 25.6 Å². The lowest BCUT2D eigenvalue weighted by Gasteiger charge is -2.11. The van der Waals surface area contributed by atoms with E-state index in [2.05, 4.69) is 5.32 Å². The first-order chi connectivity index (χ1) is 9.56. The average molecular weight is 282 g/mol. The Hall–Kier alpha value is -1.62. The van der Waals surface area contributed by atoms with Crippen molar-refractivity contribution >= 4 is 5.91 Å². The van der Waals surface area contributed by atoms with Crippen LogP contribution in [0.3, 0.4) is 0 Å². The van der Waals surface area contributed by atoms with Gasteiger partial charge in [-0.1, -0.05) is 13.0 Å². The van der Waals surface area contributed by atoms with Crippen LogP contribution in [0, 0.1) is 5.82 Å². The number of carbonyl (C=O) groups is 1. The first-order valence-corrected chi connectivity index (χ1v) is 6.94. The van der Waals surface area contributed by atoms with Gasteiger partial charge in [0.1, 0.15) is 0 Å². The molecule has 1 unspecified atom stereocenters. The lowest BCUT2D eigenvalue weighted by molar-refractivity contribution is -0.120. The van der Waals surface area contributed by atoms with E-state index in [-0.39, 0.29) is 23.5 Å². The highest BCUT2D eigenvalue weighted by Gasteiger charge is 2.07. The van der Waals surface area contributed by atoms with E-state index in [1.165, 1.54) is 6.07 Å². The van der Waals surface area contributed by atoms with Gasteiger partial charge < -0.3 is 15.8 Å². The van der Waals surface area contributed by atoms with Gasteiger partial charge in [0.25, 0.3) is 0 Å². The summed E-state index contributed by atoms with van der Waals surface area (Å²) in [5.41, 5.74) is 6.71. The molecule has 20 heavy (non-hydrogen) atoms. The number of nitrogens with two attached hydrogens (primary N) is 1. The Bertz CT molecular complexity index is 438. The molecule has 0 heterocycles. The van der Waals surface area contributed by atoms with E-state index in [1.807, 2.05) is 13.0 Å². The molecule has 112 valence electrons. The maximum Gasteiger partial charge on any atom is 0.219 e. The summed E-state index contributed by atoms with van der Waals surface area (Å²) < 4.78 is 19.1. The number of hydrogen-bond donors (Lipinski definition) is 2. The van der Waals surface area contributed by atoms with Crippen LogP contribution in [0.25, 0.3) is 0 Å². The number of halogens is 1. The standard InChI is InChI=1S/C15H23FN2O2/c1-3-12(17)9-11-6-7-14(13(16)10-11)20-8-4-5-15(19)18-2/h6-7,10,12H,3-5,8-9,17H2,1-2H3,(H,18,19). The minimum atomic E-state index is -0.384. The second-order valence-electron chi connectivity index (χ2n) is 4.76. The summed E-state index contributed by atoms with van der Waals surface area (Å²) in [5, 5.41) is 2.53. The van der Waals surface area contributed by atoms with Crippen molar-refractivity contribution in [1.82, 2.24) is 5.32 Å². The van der Waals surface area contributed by atoms with Crippen molar-refractivity contribution in [3.63, 3.8) is 0 Å². The van der Waals surface area contributed by atoms with Gasteiger partial charge in [0.15, 0.2) is 11.6 Å². The van der Waals surface area contributed by atoms with Crippen molar-refractivity contribution in [3.05, 3.63) is 29.6 Å². The van der Waals surface area contributed by atoms with Crippen molar-refractivity contribution in [1.29, 1.82) is 0 Å². The largest absolute Gasteiger partial charge is 0.491 e. The molecule has 3 N–H and O–H groups in total. The van der Waals surface area contributed by atoms with Gasteiger partial charge in [-0.3, -0.25) is 4.79 Å². The zero-order valence-corrected chi connectivity index (χ0v) is 12.1. The van der Waals surface area contributed by atoms with Crippen LogP contribution in [0.1, 0.15) is 31.7 Å². The van der Waals surface area contributed by atoms with Crippen LogP contribution in [0.5, 0.6) is 5.75 Å². The highest BCUT2D eigenvalue weighted by molar-refractivity contribution is 5.75. The smallest absolute Gasteiger partial charge is 0.219 e. The second-order valence-corrected chi connectivity index (χ2v) is 4.76. The molecule has 1 atom stereocenters. The third kappa shape index (κ3) is 5.57. The average Bonchev–Trinajstić information content (AvgIpc) is 2.44. The zero-order chi connectivity index (χ0) is 15.0. The summed E-state index contributed by atoms with van der Waals surface area (Å²) in [4.78, 5) is 11.0. The van der Waals surface area contributed by atoms with Crippen LogP contribution >= 0.6 is 0 Å². The number of nitrogens with one attached hydrogen (secondary N) is 1. The van der Waals surface area contributed by atoms with Crippen molar-refractivity contribution in [2.75, 3.05) is 13.7 Å². The summed E-state index contributed by atoms with van der Waals surface area (Å²) >= 11 is 0. The van der Waals surface area contributed by atoms with E-state index >= 15 is 0 Å². The molecule has 1 aromatic rings. The maximum atomic E-state index is 13.8. The van der Waals surface area contributed by atoms with Gasteiger partial charge in [-0.05, 0) is 37.0 Å². The second kappa shape index (κ2) is 8.53. The molecule has 0 aromatic heterocycles. The number of benzene rings is 1. The van der Waals surface area contributed by atoms with Crippen LogP contribution in [-0.2, 0) is 11.2 Å². The van der Waals surface area contributed by atoms with Gasteiger partial charge in [0, 0.05) is 19.5 Å². The summed E-state index contributed by atoms with van der Waals surface area (Å²) in [5.74, 6) is -0.209. The van der Waals surface area contributed by atoms with Crippen molar-refractivity contribution in [2.45, 2.75) is 38.6 Å². The molecule has 0 saturated heterocycles. The molecule has 1 amide bonds. The van der Waals surface area contributed by atoms with Gasteiger partial charge >= 0.3 is 0 Å². The van der Waals surface area contributed by atoms with Crippen molar-refractivity contribution < 1.29 is 13.9 Å². The monoisotopic (exact) mass is 282 g/mol. The summed E-state index contributed by atoms with van der Waals surface area (Å²) in [6.07, 6.45) is 2.45. The zero-order valence-electron chi connectivity index (χ0n) is 12.1. The van der Waals surface area contributed by atoms with Crippen LogP contribution in [0.2, 0.25) is 0 Å². The molecule has 0 aliphatic heterocycles. The minimum Gasteiger partial charge on any atom is -0.491 e. The molecule has 0 saturated carbocycles. The number of hydrogen-bond acceptors (Lipinski definition) is 3. The lowest BCUT2D eigenvalue weighted by Crippen LogP contribution is -2.21. The Morgan fingerprint density at radius 2 is 2.25 bits per heavy atom. The first-order valence-electron chi connectivity index (χ1n) is 6.94. The van der Waals surface area contributed by atoms with E-state index in [0.29, 0.717) is 25.9 Å². The van der Waals surface area contributed by atoms with Crippen molar-refractivity contribution in [3.8, 4) is 5.75 Å². The Balaban J connectivity index is 2.45. The molecule has 1 aromatic carbocycles. The molecule has 1 rings (SSSR count). The first kappa shape index (κ1) is 16.4. The molecular weight excluding hydrogens is 259 g/mol. The van der Waals surface area contributed by atoms with E-state index < -0.39 is 0 Å². The minimum absolute atomic E-state index is 0.0435. The predicted molar refractivity (Wildman–Crippen MR) is 77.2 cm³/mol. The van der Waals surface area contributed by atoms with Gasteiger partial charge in [-0.15, -0.1) is 0 Å². The predicted octanol–water partition coefficient (Wildman–Crippen LogP) is 2.01. The van der Waals surface area contributed by atoms with E-state index in [4.69, 9.17) is 10.5 Å². The lowest BCUT2D eigenvalue weighted by atomic mass is 10.0. The molecule has 0 aliphatic rings. The molecule has 0 bridgehead atoms. The third-order valence-corrected chi connectivity index (χ3v) is 3.10. The van der Waals surface area contributed by atoms with Gasteiger partial charge in [-0.2, -0.15) is 0 Å². The maximum absolute atomic E-state index is 13.8. The Labute approximate surface area is 119 Å². The van der Waals surface area contributed by atoms with E-state index in [1.54, 1.807) is 13.1 Å². The van der Waals surface area contributed by atoms with Crippen LogP contribution in [0.4, 0.5) is 4.39 Å². The molecule has 0 spiro atoms. The molecule has 0 fully saturated rings. The molecule has 0 radical (unpaired) electrons. The fourth-order valence-corrected chi connectivity index (χ4v) is 1.78. The number of carbonyl (C=O) groups excluding carboxylic acids is 1. The quantitative estimate of drug-likeness (QED) is 0.717. The number of amides is 1. The highest BCUT2D eigenvalue weighted by atomic mass is 19.1. The molecular formula is C15H23FN2O2. The van der Waals surface area contributed by atoms with E-state index in [0.717, 1.165) is 12.0 Å². The molecule has 0 aliphatic carbocycles. The Morgan fingerprint density at radius 3 is 2.85 bits per heavy atom. The number of ether oxygens (including phenoxy) is 1.